The van der Waals surface area contributed by atoms with Crippen molar-refractivity contribution >= 4 is 39.1 Å². The minimum absolute atomic E-state index is 0.0884. The molecule has 0 unspecified atom stereocenters. The first kappa shape index (κ1) is 15.4. The minimum Gasteiger partial charge on any atom is -0.329 e. The summed E-state index contributed by atoms with van der Waals surface area (Å²) < 4.78 is 0.879. The first-order valence-electron chi connectivity index (χ1n) is 5.74. The lowest BCUT2D eigenvalue weighted by Crippen LogP contribution is -2.36. The molecule has 0 saturated carbocycles. The van der Waals surface area contributed by atoms with Crippen LogP contribution in [-0.2, 0) is 4.79 Å². The van der Waals surface area contributed by atoms with Gasteiger partial charge < -0.3 is 11.1 Å². The molecule has 18 heavy (non-hydrogen) atoms. The van der Waals surface area contributed by atoms with Crippen LogP contribution in [0, 0.1) is 0 Å². The van der Waals surface area contributed by atoms with Crippen molar-refractivity contribution in [2.75, 3.05) is 31.5 Å². The average Bonchev–Trinajstić information content (AvgIpc) is 2.32. The van der Waals surface area contributed by atoms with E-state index in [1.165, 1.54) is 0 Å². The van der Waals surface area contributed by atoms with Gasteiger partial charge in [-0.25, -0.2) is 0 Å². The number of nitrogens with two attached hydrogens (primary N) is 1. The molecule has 4 nitrogen and oxygen atoms in total. The van der Waals surface area contributed by atoms with Crippen molar-refractivity contribution in [1.82, 2.24) is 4.90 Å². The summed E-state index contributed by atoms with van der Waals surface area (Å²) in [4.78, 5) is 13.8. The van der Waals surface area contributed by atoms with Gasteiger partial charge in [0.25, 0.3) is 0 Å². The van der Waals surface area contributed by atoms with Gasteiger partial charge in [0.15, 0.2) is 0 Å². The Hall–Kier alpha value is -0.620. The number of amides is 1. The number of nitrogens with zero attached hydrogens (tertiary/aromatic N) is 1. The van der Waals surface area contributed by atoms with Crippen molar-refractivity contribution in [2.45, 2.75) is 6.92 Å². The molecule has 0 aliphatic rings. The molecular weight excluding hydrogens is 318 g/mol. The van der Waals surface area contributed by atoms with E-state index in [4.69, 9.17) is 17.3 Å². The first-order chi connectivity index (χ1) is 8.56. The van der Waals surface area contributed by atoms with Crippen molar-refractivity contribution < 1.29 is 4.79 Å². The smallest absolute Gasteiger partial charge is 0.238 e. The molecule has 0 atom stereocenters. The van der Waals surface area contributed by atoms with Crippen molar-refractivity contribution in [1.29, 1.82) is 0 Å². The van der Waals surface area contributed by atoms with E-state index in [0.717, 1.165) is 11.0 Å². The molecule has 0 spiro atoms. The zero-order chi connectivity index (χ0) is 13.5. The van der Waals surface area contributed by atoms with Gasteiger partial charge in [0.2, 0.25) is 5.91 Å². The van der Waals surface area contributed by atoms with E-state index < -0.39 is 0 Å². The van der Waals surface area contributed by atoms with E-state index in [-0.39, 0.29) is 5.91 Å². The molecule has 6 heteroatoms. The van der Waals surface area contributed by atoms with Gasteiger partial charge in [0.1, 0.15) is 0 Å². The second-order valence-electron chi connectivity index (χ2n) is 3.83. The van der Waals surface area contributed by atoms with Gasteiger partial charge >= 0.3 is 0 Å². The van der Waals surface area contributed by atoms with E-state index in [1.54, 1.807) is 12.1 Å². The molecule has 0 radical (unpaired) electrons. The Labute approximate surface area is 121 Å². The van der Waals surface area contributed by atoms with Gasteiger partial charge in [-0.3, -0.25) is 9.69 Å². The summed E-state index contributed by atoms with van der Waals surface area (Å²) >= 11 is 9.34. The average molecular weight is 335 g/mol. The second kappa shape index (κ2) is 7.74. The van der Waals surface area contributed by atoms with Crippen molar-refractivity contribution in [2.24, 2.45) is 5.73 Å². The van der Waals surface area contributed by atoms with Crippen LogP contribution in [0.5, 0.6) is 0 Å². The molecule has 1 aromatic carbocycles. The van der Waals surface area contributed by atoms with Crippen LogP contribution in [0.2, 0.25) is 5.02 Å². The quantitative estimate of drug-likeness (QED) is 0.839. The molecule has 0 aliphatic heterocycles. The predicted molar refractivity (Wildman–Crippen MR) is 79.0 cm³/mol. The number of anilines is 1. The molecule has 100 valence electrons. The van der Waals surface area contributed by atoms with Gasteiger partial charge in [-0.1, -0.05) is 34.5 Å². The molecule has 0 aromatic heterocycles. The number of benzene rings is 1. The Morgan fingerprint density at radius 2 is 2.28 bits per heavy atom. The summed E-state index contributed by atoms with van der Waals surface area (Å²) in [5, 5.41) is 3.30. The van der Waals surface area contributed by atoms with Crippen LogP contribution in [0.25, 0.3) is 0 Å². The molecule has 1 rings (SSSR count). The third-order valence-corrected chi connectivity index (χ3v) is 3.27. The predicted octanol–water partition coefficient (Wildman–Crippen LogP) is 2.32. The molecule has 0 heterocycles. The Kier molecular flexibility index (Phi) is 6.63. The van der Waals surface area contributed by atoms with Gasteiger partial charge in [-0.15, -0.1) is 0 Å². The monoisotopic (exact) mass is 333 g/mol. The molecule has 3 N–H and O–H groups in total. The number of rotatable bonds is 6. The van der Waals surface area contributed by atoms with E-state index in [2.05, 4.69) is 21.2 Å². The number of likely N-dealkylation sites (N-methyl/N-ethyl adjacent to an activating group) is 1. The lowest BCUT2D eigenvalue weighted by molar-refractivity contribution is -0.117. The highest BCUT2D eigenvalue weighted by molar-refractivity contribution is 9.10. The molecule has 0 bridgehead atoms. The lowest BCUT2D eigenvalue weighted by Gasteiger charge is -2.18. The maximum absolute atomic E-state index is 11.8. The normalized spacial score (nSPS) is 10.7. The Morgan fingerprint density at radius 3 is 2.83 bits per heavy atom. The fourth-order valence-corrected chi connectivity index (χ4v) is 2.24. The molecule has 0 fully saturated rings. The van der Waals surface area contributed by atoms with E-state index in [0.29, 0.717) is 30.3 Å². The topological polar surface area (TPSA) is 58.4 Å². The fraction of sp³-hybridized carbons (Fsp3) is 0.417. The number of hydrogen-bond donors (Lipinski definition) is 2. The lowest BCUT2D eigenvalue weighted by atomic mass is 10.3. The van der Waals surface area contributed by atoms with Crippen LogP contribution in [0.3, 0.4) is 0 Å². The number of nitrogens with one attached hydrogen (secondary N) is 1. The fourth-order valence-electron chi connectivity index (χ4n) is 1.52. The summed E-state index contributed by atoms with van der Waals surface area (Å²) in [5.74, 6) is -0.0884. The molecule has 0 saturated heterocycles. The highest BCUT2D eigenvalue weighted by atomic mass is 79.9. The molecular formula is C12H17BrClN3O. The number of hydrogen-bond acceptors (Lipinski definition) is 3. The molecule has 1 aromatic rings. The van der Waals surface area contributed by atoms with Crippen LogP contribution in [0.1, 0.15) is 6.92 Å². The van der Waals surface area contributed by atoms with Crippen molar-refractivity contribution in [3.63, 3.8) is 0 Å². The van der Waals surface area contributed by atoms with Crippen molar-refractivity contribution in [3.05, 3.63) is 27.7 Å². The number of carbonyl (C=O) groups is 1. The van der Waals surface area contributed by atoms with Crippen LogP contribution in [0.4, 0.5) is 5.69 Å². The summed E-state index contributed by atoms with van der Waals surface area (Å²) in [6.45, 7) is 4.35. The maximum atomic E-state index is 11.8. The zero-order valence-electron chi connectivity index (χ0n) is 10.2. The van der Waals surface area contributed by atoms with Crippen LogP contribution in [0.15, 0.2) is 22.7 Å². The highest BCUT2D eigenvalue weighted by Gasteiger charge is 2.10. The van der Waals surface area contributed by atoms with Gasteiger partial charge in [-0.2, -0.15) is 0 Å². The molecule has 0 aliphatic carbocycles. The van der Waals surface area contributed by atoms with Gasteiger partial charge in [0.05, 0.1) is 17.3 Å². The Bertz CT molecular complexity index is 414. The first-order valence-corrected chi connectivity index (χ1v) is 6.91. The summed E-state index contributed by atoms with van der Waals surface area (Å²) in [7, 11) is 0. The van der Waals surface area contributed by atoms with Crippen LogP contribution >= 0.6 is 27.5 Å². The highest BCUT2D eigenvalue weighted by Crippen LogP contribution is 2.25. The number of halogens is 2. The summed E-state index contributed by atoms with van der Waals surface area (Å²) in [5.41, 5.74) is 6.09. The standard InChI is InChI=1S/C12H17BrClN3O/c1-2-17(6-5-15)8-12(18)16-11-4-3-9(13)7-10(11)14/h3-4,7H,2,5-6,8,15H2,1H3,(H,16,18). The van der Waals surface area contributed by atoms with Gasteiger partial charge in [-0.05, 0) is 24.7 Å². The van der Waals surface area contributed by atoms with Crippen LogP contribution < -0.4 is 11.1 Å². The SMILES string of the molecule is CCN(CCN)CC(=O)Nc1ccc(Br)cc1Cl. The third-order valence-electron chi connectivity index (χ3n) is 2.46. The molecule has 1 amide bonds. The largest absolute Gasteiger partial charge is 0.329 e. The zero-order valence-corrected chi connectivity index (χ0v) is 12.6. The Balaban J connectivity index is 2.58. The van der Waals surface area contributed by atoms with Crippen molar-refractivity contribution in [3.8, 4) is 0 Å². The maximum Gasteiger partial charge on any atom is 0.238 e. The third kappa shape index (κ3) is 4.94. The minimum atomic E-state index is -0.0884. The number of carbonyl (C=O) groups excluding carboxylic acids is 1. The van der Waals surface area contributed by atoms with E-state index in [1.807, 2.05) is 17.9 Å². The van der Waals surface area contributed by atoms with E-state index >= 15 is 0 Å². The summed E-state index contributed by atoms with van der Waals surface area (Å²) in [6.07, 6.45) is 0. The van der Waals surface area contributed by atoms with Crippen LogP contribution in [-0.4, -0.2) is 37.0 Å². The van der Waals surface area contributed by atoms with Gasteiger partial charge in [0, 0.05) is 17.6 Å². The Morgan fingerprint density at radius 1 is 1.56 bits per heavy atom. The van der Waals surface area contributed by atoms with E-state index in [9.17, 15) is 4.79 Å². The summed E-state index contributed by atoms with van der Waals surface area (Å²) in [6, 6.07) is 5.34. The second-order valence-corrected chi connectivity index (χ2v) is 5.15.